The number of allylic oxidation sites excluding steroid dienone is 1. The third kappa shape index (κ3) is 3.94. The van der Waals surface area contributed by atoms with Crippen molar-refractivity contribution >= 4 is 21.9 Å². The predicted octanol–water partition coefficient (Wildman–Crippen LogP) is 3.06. The summed E-state index contributed by atoms with van der Waals surface area (Å²) in [6.07, 6.45) is 5.40. The van der Waals surface area contributed by atoms with Crippen LogP contribution in [0.15, 0.2) is 12.2 Å². The quantitative estimate of drug-likeness (QED) is 0.425. The monoisotopic (exact) mass is 248 g/mol. The first-order valence-corrected chi connectivity index (χ1v) is 5.40. The van der Waals surface area contributed by atoms with Gasteiger partial charge in [0.05, 0.1) is 6.61 Å². The molecule has 3 heteroatoms. The van der Waals surface area contributed by atoms with Crippen molar-refractivity contribution in [2.24, 2.45) is 0 Å². The minimum absolute atomic E-state index is 0.199. The Kier molecular flexibility index (Phi) is 6.04. The van der Waals surface area contributed by atoms with Gasteiger partial charge in [0.25, 0.3) is 0 Å². The fourth-order valence-corrected chi connectivity index (χ4v) is 1.91. The van der Waals surface area contributed by atoms with Crippen LogP contribution in [-0.2, 0) is 9.53 Å². The Morgan fingerprint density at radius 3 is 2.54 bits per heavy atom. The highest BCUT2D eigenvalue weighted by Crippen LogP contribution is 2.27. The molecule has 0 spiro atoms. The van der Waals surface area contributed by atoms with Crippen molar-refractivity contribution in [3.63, 3.8) is 0 Å². The normalized spacial score (nSPS) is 15.7. The Morgan fingerprint density at radius 1 is 1.54 bits per heavy atom. The number of halogens is 1. The fraction of sp³-hybridized carbons (Fsp3) is 0.700. The highest BCUT2D eigenvalue weighted by molar-refractivity contribution is 9.10. The van der Waals surface area contributed by atoms with Gasteiger partial charge in [-0.1, -0.05) is 41.4 Å². The number of rotatable bonds is 5. The standard InChI is InChI=1S/C10H17BrO2/c1-4-7-10(11,8-5-2)9(12)13-6-3/h4,7H,5-6,8H2,1-3H3. The van der Waals surface area contributed by atoms with Crippen molar-refractivity contribution in [1.29, 1.82) is 0 Å². The maximum atomic E-state index is 11.5. The zero-order valence-electron chi connectivity index (χ0n) is 8.47. The van der Waals surface area contributed by atoms with E-state index in [1.165, 1.54) is 0 Å². The van der Waals surface area contributed by atoms with Crippen LogP contribution in [0.4, 0.5) is 0 Å². The SMILES string of the molecule is CC=CC(Br)(CCC)C(=O)OCC. The second-order valence-electron chi connectivity index (χ2n) is 2.83. The Bertz CT molecular complexity index is 189. The largest absolute Gasteiger partial charge is 0.465 e. The summed E-state index contributed by atoms with van der Waals surface area (Å²) in [4.78, 5) is 11.5. The van der Waals surface area contributed by atoms with Crippen LogP contribution in [0.1, 0.15) is 33.6 Å². The van der Waals surface area contributed by atoms with Gasteiger partial charge in [-0.2, -0.15) is 0 Å². The van der Waals surface area contributed by atoms with E-state index in [4.69, 9.17) is 4.74 Å². The number of ether oxygens (including phenoxy) is 1. The van der Waals surface area contributed by atoms with E-state index in [0.29, 0.717) is 6.61 Å². The summed E-state index contributed by atoms with van der Waals surface area (Å²) in [5.41, 5.74) is 0. The molecule has 0 aliphatic rings. The summed E-state index contributed by atoms with van der Waals surface area (Å²) in [6, 6.07) is 0. The molecule has 0 heterocycles. The van der Waals surface area contributed by atoms with E-state index in [0.717, 1.165) is 12.8 Å². The maximum absolute atomic E-state index is 11.5. The molecule has 0 radical (unpaired) electrons. The zero-order valence-corrected chi connectivity index (χ0v) is 10.1. The molecule has 0 fully saturated rings. The molecule has 0 aliphatic carbocycles. The highest BCUT2D eigenvalue weighted by atomic mass is 79.9. The molecule has 0 aromatic rings. The summed E-state index contributed by atoms with van der Waals surface area (Å²) in [5.74, 6) is -0.199. The molecule has 0 amide bonds. The Balaban J connectivity index is 4.46. The molecule has 0 bridgehead atoms. The lowest BCUT2D eigenvalue weighted by Gasteiger charge is -2.20. The van der Waals surface area contributed by atoms with E-state index in [9.17, 15) is 4.79 Å². The molecule has 1 unspecified atom stereocenters. The number of carbonyl (C=O) groups excluding carboxylic acids is 1. The lowest BCUT2D eigenvalue weighted by Crippen LogP contribution is -2.31. The van der Waals surface area contributed by atoms with Crippen LogP contribution in [-0.4, -0.2) is 16.9 Å². The molecular formula is C10H17BrO2. The van der Waals surface area contributed by atoms with Crippen LogP contribution in [0.2, 0.25) is 0 Å². The second-order valence-corrected chi connectivity index (χ2v) is 4.25. The minimum atomic E-state index is -0.619. The molecule has 2 nitrogen and oxygen atoms in total. The number of hydrogen-bond acceptors (Lipinski definition) is 2. The minimum Gasteiger partial charge on any atom is -0.465 e. The van der Waals surface area contributed by atoms with E-state index < -0.39 is 4.32 Å². The summed E-state index contributed by atoms with van der Waals surface area (Å²) < 4.78 is 4.36. The average molecular weight is 249 g/mol. The van der Waals surface area contributed by atoms with Gasteiger partial charge in [0.15, 0.2) is 0 Å². The van der Waals surface area contributed by atoms with E-state index in [1.54, 1.807) is 0 Å². The lowest BCUT2D eigenvalue weighted by atomic mass is 10.0. The van der Waals surface area contributed by atoms with Gasteiger partial charge in [0.2, 0.25) is 0 Å². The van der Waals surface area contributed by atoms with Crippen molar-refractivity contribution in [2.45, 2.75) is 37.9 Å². The van der Waals surface area contributed by atoms with Crippen molar-refractivity contribution < 1.29 is 9.53 Å². The van der Waals surface area contributed by atoms with Gasteiger partial charge in [-0.3, -0.25) is 4.79 Å². The maximum Gasteiger partial charge on any atom is 0.326 e. The summed E-state index contributed by atoms with van der Waals surface area (Å²) in [7, 11) is 0. The van der Waals surface area contributed by atoms with Crippen LogP contribution < -0.4 is 0 Å². The van der Waals surface area contributed by atoms with Gasteiger partial charge in [0, 0.05) is 0 Å². The van der Waals surface area contributed by atoms with E-state index in [1.807, 2.05) is 32.9 Å². The number of alkyl halides is 1. The van der Waals surface area contributed by atoms with Gasteiger partial charge < -0.3 is 4.74 Å². The van der Waals surface area contributed by atoms with Crippen molar-refractivity contribution in [2.75, 3.05) is 6.61 Å². The molecular weight excluding hydrogens is 232 g/mol. The molecule has 1 atom stereocenters. The smallest absolute Gasteiger partial charge is 0.326 e. The average Bonchev–Trinajstić information content (AvgIpc) is 2.05. The van der Waals surface area contributed by atoms with Crippen molar-refractivity contribution in [3.05, 3.63) is 12.2 Å². The third-order valence-electron chi connectivity index (χ3n) is 1.66. The Morgan fingerprint density at radius 2 is 2.15 bits per heavy atom. The third-order valence-corrected chi connectivity index (χ3v) is 2.64. The van der Waals surface area contributed by atoms with Gasteiger partial charge in [-0.15, -0.1) is 0 Å². The number of carbonyl (C=O) groups is 1. The molecule has 0 saturated heterocycles. The predicted molar refractivity (Wildman–Crippen MR) is 58.0 cm³/mol. The summed E-state index contributed by atoms with van der Waals surface area (Å²) >= 11 is 3.41. The van der Waals surface area contributed by atoms with Crippen molar-refractivity contribution in [3.8, 4) is 0 Å². The Hall–Kier alpha value is -0.310. The van der Waals surface area contributed by atoms with Crippen LogP contribution in [0, 0.1) is 0 Å². The molecule has 0 saturated carbocycles. The van der Waals surface area contributed by atoms with E-state index >= 15 is 0 Å². The fourth-order valence-electron chi connectivity index (χ4n) is 1.13. The van der Waals surface area contributed by atoms with Gasteiger partial charge in [-0.25, -0.2) is 0 Å². The first kappa shape index (κ1) is 12.7. The zero-order chi connectivity index (χ0) is 10.3. The lowest BCUT2D eigenvalue weighted by molar-refractivity contribution is -0.144. The van der Waals surface area contributed by atoms with Crippen LogP contribution >= 0.6 is 15.9 Å². The van der Waals surface area contributed by atoms with Crippen LogP contribution in [0.3, 0.4) is 0 Å². The summed E-state index contributed by atoms with van der Waals surface area (Å²) in [5, 5.41) is 0. The topological polar surface area (TPSA) is 26.3 Å². The van der Waals surface area contributed by atoms with Gasteiger partial charge in [-0.05, 0) is 20.3 Å². The first-order valence-electron chi connectivity index (χ1n) is 4.60. The molecule has 0 N–H and O–H groups in total. The molecule has 13 heavy (non-hydrogen) atoms. The first-order chi connectivity index (χ1) is 6.10. The molecule has 76 valence electrons. The van der Waals surface area contributed by atoms with E-state index in [-0.39, 0.29) is 5.97 Å². The second kappa shape index (κ2) is 6.19. The number of esters is 1. The number of hydrogen-bond donors (Lipinski definition) is 0. The summed E-state index contributed by atoms with van der Waals surface area (Å²) in [6.45, 7) is 6.17. The molecule has 0 rings (SSSR count). The van der Waals surface area contributed by atoms with Crippen LogP contribution in [0.25, 0.3) is 0 Å². The Labute approximate surface area is 88.5 Å². The molecule has 0 aromatic heterocycles. The van der Waals surface area contributed by atoms with E-state index in [2.05, 4.69) is 15.9 Å². The van der Waals surface area contributed by atoms with Gasteiger partial charge in [0.1, 0.15) is 4.32 Å². The molecule has 0 aliphatic heterocycles. The van der Waals surface area contributed by atoms with Crippen LogP contribution in [0.5, 0.6) is 0 Å². The molecule has 0 aromatic carbocycles. The van der Waals surface area contributed by atoms with Gasteiger partial charge >= 0.3 is 5.97 Å². The highest BCUT2D eigenvalue weighted by Gasteiger charge is 2.32. The van der Waals surface area contributed by atoms with Crippen molar-refractivity contribution in [1.82, 2.24) is 0 Å².